The second kappa shape index (κ2) is 10.9. The molecule has 1 saturated carbocycles. The predicted octanol–water partition coefficient (Wildman–Crippen LogP) is 3.23. The lowest BCUT2D eigenvalue weighted by molar-refractivity contribution is -0.162. The number of rotatable bonds is 11. The highest BCUT2D eigenvalue weighted by Gasteiger charge is 2.79. The van der Waals surface area contributed by atoms with Gasteiger partial charge in [-0.05, 0) is 38.5 Å². The molecule has 0 aromatic rings. The molecule has 0 radical (unpaired) electrons. The molecule has 4 aliphatic rings. The minimum atomic E-state index is -1.13. The molecule has 4 fully saturated rings. The predicted molar refractivity (Wildman–Crippen MR) is 139 cm³/mol. The fourth-order valence-corrected chi connectivity index (χ4v) is 7.51. The van der Waals surface area contributed by atoms with E-state index in [1.165, 1.54) is 6.08 Å². The second-order valence-electron chi connectivity index (χ2n) is 11.6. The smallest absolute Gasteiger partial charge is 0.313 e. The maximum absolute atomic E-state index is 14.6. The maximum atomic E-state index is 14.6. The zero-order valence-corrected chi connectivity index (χ0v) is 22.7. The molecule has 7 atom stereocenters. The van der Waals surface area contributed by atoms with E-state index in [9.17, 15) is 19.5 Å². The van der Waals surface area contributed by atoms with Crippen molar-refractivity contribution in [2.24, 2.45) is 17.8 Å². The highest BCUT2D eigenvalue weighted by Crippen LogP contribution is 2.64. The molecule has 8 nitrogen and oxygen atoms in total. The van der Waals surface area contributed by atoms with Gasteiger partial charge in [-0.2, -0.15) is 0 Å². The average Bonchev–Trinajstić information content (AvgIpc) is 3.47. The van der Waals surface area contributed by atoms with Crippen LogP contribution in [0.2, 0.25) is 0 Å². The van der Waals surface area contributed by atoms with Crippen molar-refractivity contribution in [3.05, 3.63) is 25.3 Å². The van der Waals surface area contributed by atoms with Gasteiger partial charge in [0.1, 0.15) is 24.2 Å². The molecule has 1 N–H and O–H groups in total. The summed E-state index contributed by atoms with van der Waals surface area (Å²) in [6.45, 7) is 13.6. The van der Waals surface area contributed by atoms with Crippen molar-refractivity contribution in [1.29, 1.82) is 0 Å². The van der Waals surface area contributed by atoms with Crippen LogP contribution in [0.4, 0.5) is 0 Å². The Balaban J connectivity index is 1.81. The van der Waals surface area contributed by atoms with Crippen LogP contribution in [0.15, 0.2) is 25.3 Å². The van der Waals surface area contributed by atoms with E-state index in [1.807, 2.05) is 25.7 Å². The first-order valence-electron chi connectivity index (χ1n) is 14.0. The molecule has 3 heterocycles. The van der Waals surface area contributed by atoms with Gasteiger partial charge < -0.3 is 24.4 Å². The highest BCUT2D eigenvalue weighted by atomic mass is 16.6. The van der Waals surface area contributed by atoms with Gasteiger partial charge >= 0.3 is 5.97 Å². The minimum absolute atomic E-state index is 0.0408. The lowest BCUT2D eigenvalue weighted by atomic mass is 9.66. The SMILES string of the molecule is C=CCOC(=O)[C@@H]1[C@H]2C(=O)N([C@@H](CO)[C@@H](C)CC)C(C(=O)N(CC=C)C3CCCCC3)C23CC[C@@]1(C)O3. The van der Waals surface area contributed by atoms with Crippen LogP contribution in [0.1, 0.15) is 72.1 Å². The van der Waals surface area contributed by atoms with E-state index in [2.05, 4.69) is 13.2 Å². The van der Waals surface area contributed by atoms with E-state index in [0.29, 0.717) is 19.4 Å². The molecule has 1 aliphatic carbocycles. The molecule has 0 aromatic carbocycles. The number of ether oxygens (including phenoxy) is 2. The normalized spacial score (nSPS) is 34.6. The van der Waals surface area contributed by atoms with Crippen molar-refractivity contribution < 1.29 is 29.0 Å². The van der Waals surface area contributed by atoms with Gasteiger partial charge in [0.05, 0.1) is 24.2 Å². The molecule has 2 bridgehead atoms. The number of hydrogen-bond acceptors (Lipinski definition) is 6. The van der Waals surface area contributed by atoms with Gasteiger partial charge in [0.25, 0.3) is 0 Å². The maximum Gasteiger partial charge on any atom is 0.313 e. The van der Waals surface area contributed by atoms with Crippen LogP contribution in [0.3, 0.4) is 0 Å². The summed E-state index contributed by atoms with van der Waals surface area (Å²) in [6, 6.07) is -1.38. The van der Waals surface area contributed by atoms with E-state index < -0.39 is 41.1 Å². The van der Waals surface area contributed by atoms with Gasteiger partial charge in [-0.1, -0.05) is 58.3 Å². The average molecular weight is 517 g/mol. The number of amides is 2. The van der Waals surface area contributed by atoms with Crippen molar-refractivity contribution >= 4 is 17.8 Å². The lowest BCUT2D eigenvalue weighted by Crippen LogP contribution is -2.61. The minimum Gasteiger partial charge on any atom is -0.461 e. The zero-order valence-electron chi connectivity index (χ0n) is 22.7. The van der Waals surface area contributed by atoms with Crippen molar-refractivity contribution in [1.82, 2.24) is 9.80 Å². The molecule has 4 rings (SSSR count). The Morgan fingerprint density at radius 1 is 1.24 bits per heavy atom. The lowest BCUT2D eigenvalue weighted by Gasteiger charge is -2.43. The molecule has 8 heteroatoms. The van der Waals surface area contributed by atoms with Gasteiger partial charge in [-0.15, -0.1) is 6.58 Å². The van der Waals surface area contributed by atoms with Crippen molar-refractivity contribution in [3.63, 3.8) is 0 Å². The molecule has 2 amide bonds. The third kappa shape index (κ3) is 4.44. The molecular formula is C29H44N2O6. The van der Waals surface area contributed by atoms with Crippen molar-refractivity contribution in [2.45, 2.75) is 101 Å². The van der Waals surface area contributed by atoms with Crippen LogP contribution in [0.25, 0.3) is 0 Å². The summed E-state index contributed by atoms with van der Waals surface area (Å²) in [6.07, 6.45) is 10.1. The number of carbonyl (C=O) groups is 3. The second-order valence-corrected chi connectivity index (χ2v) is 11.6. The monoisotopic (exact) mass is 516 g/mol. The standard InChI is InChI=1S/C29H44N2O6/c1-6-16-30(20-12-10-9-11-13-20)26(34)24-29-15-14-28(5,37-29)23(27(35)36-17-7-2)22(29)25(33)31(24)21(18-32)19(4)8-3/h6-7,19-24,32H,1-2,8-18H2,3-5H3/t19-,21-,22-,23-,24?,28+,29?/m0/s1. The van der Waals surface area contributed by atoms with Gasteiger partial charge in [-0.3, -0.25) is 14.4 Å². The molecule has 3 aliphatic heterocycles. The van der Waals surface area contributed by atoms with Crippen LogP contribution < -0.4 is 0 Å². The summed E-state index contributed by atoms with van der Waals surface area (Å²) in [4.78, 5) is 45.7. The summed E-state index contributed by atoms with van der Waals surface area (Å²) in [5, 5.41) is 10.5. The quantitative estimate of drug-likeness (QED) is 0.335. The van der Waals surface area contributed by atoms with Crippen molar-refractivity contribution in [3.8, 4) is 0 Å². The number of aliphatic hydroxyl groups is 1. The molecular weight excluding hydrogens is 472 g/mol. The van der Waals surface area contributed by atoms with Crippen LogP contribution in [0, 0.1) is 17.8 Å². The van der Waals surface area contributed by atoms with E-state index >= 15 is 0 Å². The summed E-state index contributed by atoms with van der Waals surface area (Å²) in [5.74, 6) is -2.62. The fourth-order valence-electron chi connectivity index (χ4n) is 7.51. The van der Waals surface area contributed by atoms with Gasteiger partial charge in [0.2, 0.25) is 11.8 Å². The third-order valence-electron chi connectivity index (χ3n) is 9.52. The van der Waals surface area contributed by atoms with E-state index in [1.54, 1.807) is 11.0 Å². The Labute approximate surface area is 221 Å². The number of nitrogens with zero attached hydrogens (tertiary/aromatic N) is 2. The Kier molecular flexibility index (Phi) is 8.19. The third-order valence-corrected chi connectivity index (χ3v) is 9.52. The first-order valence-corrected chi connectivity index (χ1v) is 14.0. The molecule has 2 unspecified atom stereocenters. The number of hydrogen-bond donors (Lipinski definition) is 1. The number of aliphatic hydroxyl groups excluding tert-OH is 1. The Hall–Kier alpha value is -2.19. The molecule has 3 saturated heterocycles. The molecule has 37 heavy (non-hydrogen) atoms. The first kappa shape index (κ1) is 27.8. The highest BCUT2D eigenvalue weighted by molar-refractivity contribution is 5.99. The summed E-state index contributed by atoms with van der Waals surface area (Å²) >= 11 is 0. The van der Waals surface area contributed by atoms with Crippen LogP contribution in [-0.4, -0.2) is 81.8 Å². The fraction of sp³-hybridized carbons (Fsp3) is 0.759. The number of fused-ring (bicyclic) bond motifs is 1. The topological polar surface area (TPSA) is 96.4 Å². The van der Waals surface area contributed by atoms with Gasteiger partial charge in [-0.25, -0.2) is 0 Å². The Bertz CT molecular complexity index is 916. The van der Waals surface area contributed by atoms with Gasteiger partial charge in [0.15, 0.2) is 0 Å². The number of likely N-dealkylation sites (tertiary alicyclic amines) is 1. The Morgan fingerprint density at radius 2 is 1.95 bits per heavy atom. The van der Waals surface area contributed by atoms with Gasteiger partial charge in [0, 0.05) is 12.6 Å². The number of esters is 1. The molecule has 1 spiro atoms. The van der Waals surface area contributed by atoms with Crippen molar-refractivity contribution in [2.75, 3.05) is 19.8 Å². The van der Waals surface area contributed by atoms with Crippen LogP contribution >= 0.6 is 0 Å². The van der Waals surface area contributed by atoms with Crippen LogP contribution in [-0.2, 0) is 23.9 Å². The summed E-state index contributed by atoms with van der Waals surface area (Å²) in [7, 11) is 0. The number of carbonyl (C=O) groups excluding carboxylic acids is 3. The Morgan fingerprint density at radius 3 is 2.54 bits per heavy atom. The molecule has 206 valence electrons. The summed E-state index contributed by atoms with van der Waals surface area (Å²) in [5.41, 5.74) is -2.02. The van der Waals surface area contributed by atoms with E-state index in [-0.39, 0.29) is 37.0 Å². The van der Waals surface area contributed by atoms with E-state index in [0.717, 1.165) is 38.5 Å². The molecule has 0 aromatic heterocycles. The van der Waals surface area contributed by atoms with E-state index in [4.69, 9.17) is 9.47 Å². The summed E-state index contributed by atoms with van der Waals surface area (Å²) < 4.78 is 12.1. The first-order chi connectivity index (χ1) is 17.7. The van der Waals surface area contributed by atoms with Crippen LogP contribution in [0.5, 0.6) is 0 Å². The zero-order chi connectivity index (χ0) is 27.0. The largest absolute Gasteiger partial charge is 0.461 e.